The third-order valence-corrected chi connectivity index (χ3v) is 1.33. The van der Waals surface area contributed by atoms with Gasteiger partial charge in [0.25, 0.3) is 0 Å². The van der Waals surface area contributed by atoms with E-state index < -0.39 is 0 Å². The summed E-state index contributed by atoms with van der Waals surface area (Å²) in [4.78, 5) is 3.94. The maximum absolute atomic E-state index is 3.94. The number of rotatable bonds is 3. The maximum Gasteiger partial charge on any atom is 0.0945 e. The lowest BCUT2D eigenvalue weighted by Crippen LogP contribution is -1.92. The molecule has 3 heteroatoms. The van der Waals surface area contributed by atoms with Crippen molar-refractivity contribution in [1.82, 2.24) is 9.55 Å². The topological polar surface area (TPSA) is 17.8 Å². The largest absolute Gasteiger partial charge is 0.337 e. The van der Waals surface area contributed by atoms with Crippen molar-refractivity contribution < 1.29 is 0 Å². The number of nitrogens with zero attached hydrogens (tertiary/aromatic N) is 2. The molecular formula is C9H19ClN2. The first kappa shape index (κ1) is 14.0. The second kappa shape index (κ2) is 10.5. The van der Waals surface area contributed by atoms with Crippen LogP contribution < -0.4 is 0 Å². The van der Waals surface area contributed by atoms with Gasteiger partial charge in [0, 0.05) is 18.9 Å². The molecule has 0 spiro atoms. The molecule has 1 heterocycles. The second-order valence-corrected chi connectivity index (χ2v) is 2.15. The Hall–Kier alpha value is -0.500. The van der Waals surface area contributed by atoms with Crippen molar-refractivity contribution in [3.05, 3.63) is 18.7 Å². The summed E-state index contributed by atoms with van der Waals surface area (Å²) in [6, 6.07) is 0. The molecule has 0 unspecified atom stereocenters. The molecular weight excluding hydrogens is 172 g/mol. The van der Waals surface area contributed by atoms with Gasteiger partial charge >= 0.3 is 0 Å². The van der Waals surface area contributed by atoms with Crippen molar-refractivity contribution in [1.29, 1.82) is 0 Å². The Bertz CT molecular complexity index is 150. The zero-order chi connectivity index (χ0) is 8.53. The van der Waals surface area contributed by atoms with Crippen LogP contribution in [-0.2, 0) is 6.54 Å². The molecule has 0 N–H and O–H groups in total. The fourth-order valence-electron chi connectivity index (χ4n) is 0.760. The monoisotopic (exact) mass is 190 g/mol. The van der Waals surface area contributed by atoms with Gasteiger partial charge in [0.15, 0.2) is 0 Å². The summed E-state index contributed by atoms with van der Waals surface area (Å²) in [6.07, 6.45) is 8.16. The van der Waals surface area contributed by atoms with E-state index in [0.717, 1.165) is 6.54 Å². The number of imidazole rings is 1. The Balaban J connectivity index is 0. The minimum atomic E-state index is 0. The van der Waals surface area contributed by atoms with E-state index in [1.54, 1.807) is 0 Å². The predicted molar refractivity (Wildman–Crippen MR) is 55.7 cm³/mol. The average Bonchev–Trinajstić information content (AvgIpc) is 2.57. The van der Waals surface area contributed by atoms with Gasteiger partial charge in [-0.25, -0.2) is 4.98 Å². The highest BCUT2D eigenvalue weighted by molar-refractivity contribution is 5.85. The molecule has 0 fully saturated rings. The van der Waals surface area contributed by atoms with Gasteiger partial charge in [0.05, 0.1) is 6.33 Å². The van der Waals surface area contributed by atoms with Gasteiger partial charge in [-0.05, 0) is 6.42 Å². The van der Waals surface area contributed by atoms with E-state index in [1.165, 1.54) is 12.8 Å². The van der Waals surface area contributed by atoms with Gasteiger partial charge < -0.3 is 4.57 Å². The summed E-state index contributed by atoms with van der Waals surface area (Å²) >= 11 is 0. The van der Waals surface area contributed by atoms with Gasteiger partial charge in [-0.2, -0.15) is 0 Å². The van der Waals surface area contributed by atoms with Crippen molar-refractivity contribution in [2.75, 3.05) is 0 Å². The summed E-state index contributed by atoms with van der Waals surface area (Å²) in [7, 11) is 0. The van der Waals surface area contributed by atoms with Gasteiger partial charge in [-0.1, -0.05) is 27.2 Å². The summed E-state index contributed by atoms with van der Waals surface area (Å²) in [5.41, 5.74) is 0. The molecule has 0 aliphatic carbocycles. The van der Waals surface area contributed by atoms with Crippen LogP contribution in [0.15, 0.2) is 18.7 Å². The van der Waals surface area contributed by atoms with E-state index in [4.69, 9.17) is 0 Å². The smallest absolute Gasteiger partial charge is 0.0945 e. The second-order valence-electron chi connectivity index (χ2n) is 2.15. The molecule has 0 saturated carbocycles. The van der Waals surface area contributed by atoms with Crippen molar-refractivity contribution >= 4 is 12.4 Å². The first-order chi connectivity index (χ1) is 5.43. The fourth-order valence-corrected chi connectivity index (χ4v) is 0.760. The quantitative estimate of drug-likeness (QED) is 0.716. The summed E-state index contributed by atoms with van der Waals surface area (Å²) < 4.78 is 2.10. The van der Waals surface area contributed by atoms with Gasteiger partial charge in [0.2, 0.25) is 0 Å². The van der Waals surface area contributed by atoms with Crippen molar-refractivity contribution in [2.45, 2.75) is 40.2 Å². The van der Waals surface area contributed by atoms with Crippen LogP contribution in [0.4, 0.5) is 0 Å². The highest BCUT2D eigenvalue weighted by atomic mass is 35.5. The SMILES string of the molecule is CC.CCCCn1ccnc1.Cl. The normalized spacial score (nSPS) is 7.92. The van der Waals surface area contributed by atoms with Crippen LogP contribution in [-0.4, -0.2) is 9.55 Å². The van der Waals surface area contributed by atoms with Crippen molar-refractivity contribution in [3.8, 4) is 0 Å². The van der Waals surface area contributed by atoms with Crippen LogP contribution in [0.3, 0.4) is 0 Å². The highest BCUT2D eigenvalue weighted by Gasteiger charge is 1.85. The van der Waals surface area contributed by atoms with Crippen LogP contribution >= 0.6 is 12.4 Å². The lowest BCUT2D eigenvalue weighted by atomic mass is 10.3. The van der Waals surface area contributed by atoms with E-state index in [1.807, 2.05) is 32.6 Å². The first-order valence-electron chi connectivity index (χ1n) is 4.39. The maximum atomic E-state index is 3.94. The summed E-state index contributed by atoms with van der Waals surface area (Å²) in [5, 5.41) is 0. The number of aromatic nitrogens is 2. The van der Waals surface area contributed by atoms with E-state index in [-0.39, 0.29) is 12.4 Å². The number of unbranched alkanes of at least 4 members (excludes halogenated alkanes) is 1. The summed E-state index contributed by atoms with van der Waals surface area (Å²) in [5.74, 6) is 0. The standard InChI is InChI=1S/C7H12N2.C2H6.ClH/c1-2-3-5-9-6-4-8-7-9;1-2;/h4,6-7H,2-3,5H2,1H3;1-2H3;1H. The molecule has 0 aromatic carbocycles. The molecule has 0 radical (unpaired) electrons. The van der Waals surface area contributed by atoms with Crippen molar-refractivity contribution in [2.24, 2.45) is 0 Å². The molecule has 1 rings (SSSR count). The van der Waals surface area contributed by atoms with Crippen LogP contribution in [0.5, 0.6) is 0 Å². The molecule has 0 bridgehead atoms. The van der Waals surface area contributed by atoms with E-state index in [2.05, 4.69) is 16.5 Å². The molecule has 72 valence electrons. The van der Waals surface area contributed by atoms with Crippen LogP contribution in [0.1, 0.15) is 33.6 Å². The predicted octanol–water partition coefficient (Wildman–Crippen LogP) is 3.13. The minimum Gasteiger partial charge on any atom is -0.337 e. The molecule has 0 amide bonds. The van der Waals surface area contributed by atoms with Gasteiger partial charge in [0.1, 0.15) is 0 Å². The van der Waals surface area contributed by atoms with E-state index in [9.17, 15) is 0 Å². The zero-order valence-corrected chi connectivity index (χ0v) is 8.97. The third kappa shape index (κ3) is 6.23. The Morgan fingerprint density at radius 1 is 1.33 bits per heavy atom. The van der Waals surface area contributed by atoms with E-state index in [0.29, 0.717) is 0 Å². The molecule has 0 aliphatic rings. The van der Waals surface area contributed by atoms with Gasteiger partial charge in [-0.3, -0.25) is 0 Å². The van der Waals surface area contributed by atoms with Crippen LogP contribution in [0, 0.1) is 0 Å². The molecule has 1 aromatic heterocycles. The number of hydrogen-bond donors (Lipinski definition) is 0. The fraction of sp³-hybridized carbons (Fsp3) is 0.667. The first-order valence-corrected chi connectivity index (χ1v) is 4.39. The number of hydrogen-bond acceptors (Lipinski definition) is 1. The van der Waals surface area contributed by atoms with Crippen LogP contribution in [0.2, 0.25) is 0 Å². The Morgan fingerprint density at radius 2 is 2.00 bits per heavy atom. The minimum absolute atomic E-state index is 0. The van der Waals surface area contributed by atoms with E-state index >= 15 is 0 Å². The average molecular weight is 191 g/mol. The molecule has 0 atom stereocenters. The molecule has 2 nitrogen and oxygen atoms in total. The molecule has 12 heavy (non-hydrogen) atoms. The number of aryl methyl sites for hydroxylation is 1. The Labute approximate surface area is 81.4 Å². The Kier molecular flexibility index (Phi) is 12.3. The lowest BCUT2D eigenvalue weighted by Gasteiger charge is -1.96. The third-order valence-electron chi connectivity index (χ3n) is 1.33. The molecule has 0 aliphatic heterocycles. The lowest BCUT2D eigenvalue weighted by molar-refractivity contribution is 0.631. The Morgan fingerprint density at radius 3 is 2.42 bits per heavy atom. The van der Waals surface area contributed by atoms with Crippen LogP contribution in [0.25, 0.3) is 0 Å². The van der Waals surface area contributed by atoms with Crippen molar-refractivity contribution in [3.63, 3.8) is 0 Å². The zero-order valence-electron chi connectivity index (χ0n) is 8.16. The molecule has 0 saturated heterocycles. The highest BCUT2D eigenvalue weighted by Crippen LogP contribution is 1.92. The molecule has 1 aromatic rings. The summed E-state index contributed by atoms with van der Waals surface area (Å²) in [6.45, 7) is 7.30. The van der Waals surface area contributed by atoms with Gasteiger partial charge in [-0.15, -0.1) is 12.4 Å². The number of halogens is 1.